The molecule has 0 saturated heterocycles. The van der Waals surface area contributed by atoms with Crippen LogP contribution in [0.15, 0.2) is 42.6 Å². The van der Waals surface area contributed by atoms with Crippen LogP contribution in [0.4, 0.5) is 16.2 Å². The van der Waals surface area contributed by atoms with Gasteiger partial charge in [0.25, 0.3) is 0 Å². The molecule has 31 heavy (non-hydrogen) atoms. The van der Waals surface area contributed by atoms with Gasteiger partial charge in [0.2, 0.25) is 5.28 Å². The number of anilines is 2. The Labute approximate surface area is 190 Å². The lowest BCUT2D eigenvalue weighted by molar-refractivity contribution is 0.256. The summed E-state index contributed by atoms with van der Waals surface area (Å²) in [6.45, 7) is 3.96. The minimum Gasteiger partial charge on any atom is -0.497 e. The summed E-state index contributed by atoms with van der Waals surface area (Å²) in [5.41, 5.74) is 3.69. The quantitative estimate of drug-likeness (QED) is 0.379. The first-order valence-corrected chi connectivity index (χ1v) is 10.1. The zero-order valence-electron chi connectivity index (χ0n) is 17.6. The fourth-order valence-electron chi connectivity index (χ4n) is 3.10. The molecule has 9 heteroatoms. The van der Waals surface area contributed by atoms with Crippen molar-refractivity contribution in [3.05, 3.63) is 69.7 Å². The zero-order valence-corrected chi connectivity index (χ0v) is 19.1. The van der Waals surface area contributed by atoms with Gasteiger partial charge in [-0.15, -0.1) is 0 Å². The molecule has 1 N–H and O–H groups in total. The van der Waals surface area contributed by atoms with Gasteiger partial charge in [0.15, 0.2) is 0 Å². The number of hydrogen-bond acceptors (Lipinski definition) is 5. The standard InChI is InChI=1S/C22H22Cl2N4O3/c1-13-6-5-7-14(2)19(13)26-22(29)28(12-15-11-25-21(24)27-20(15)23)17-9-8-16(30-3)10-18(17)31-4/h5-11H,12H2,1-4H3,(H,26,29). The van der Waals surface area contributed by atoms with Gasteiger partial charge >= 0.3 is 6.03 Å². The number of aromatic nitrogens is 2. The van der Waals surface area contributed by atoms with Gasteiger partial charge in [-0.1, -0.05) is 29.8 Å². The fraction of sp³-hybridized carbons (Fsp3) is 0.227. The predicted octanol–water partition coefficient (Wildman–Crippen LogP) is 5.66. The van der Waals surface area contributed by atoms with E-state index in [1.54, 1.807) is 25.3 Å². The number of carbonyl (C=O) groups excluding carboxylic acids is 1. The number of benzene rings is 2. The van der Waals surface area contributed by atoms with E-state index in [9.17, 15) is 4.79 Å². The average molecular weight is 461 g/mol. The van der Waals surface area contributed by atoms with Crippen LogP contribution in [0.3, 0.4) is 0 Å². The van der Waals surface area contributed by atoms with Gasteiger partial charge in [-0.05, 0) is 48.7 Å². The maximum absolute atomic E-state index is 13.4. The highest BCUT2D eigenvalue weighted by molar-refractivity contribution is 6.32. The second-order valence-corrected chi connectivity index (χ2v) is 7.47. The fourth-order valence-corrected chi connectivity index (χ4v) is 3.47. The van der Waals surface area contributed by atoms with E-state index in [1.807, 2.05) is 32.0 Å². The molecule has 0 spiro atoms. The normalized spacial score (nSPS) is 10.5. The molecule has 0 atom stereocenters. The van der Waals surface area contributed by atoms with Gasteiger partial charge in [0, 0.05) is 23.5 Å². The van der Waals surface area contributed by atoms with Crippen molar-refractivity contribution in [3.8, 4) is 11.5 Å². The number of ether oxygens (including phenoxy) is 2. The summed E-state index contributed by atoms with van der Waals surface area (Å²) in [4.78, 5) is 22.9. The molecule has 1 aromatic heterocycles. The van der Waals surface area contributed by atoms with Gasteiger partial charge in [-0.25, -0.2) is 14.8 Å². The molecule has 0 unspecified atom stereocenters. The lowest BCUT2D eigenvalue weighted by atomic mass is 10.1. The van der Waals surface area contributed by atoms with Crippen molar-refractivity contribution in [1.82, 2.24) is 9.97 Å². The lowest BCUT2D eigenvalue weighted by Gasteiger charge is -2.26. The number of aryl methyl sites for hydroxylation is 2. The molecular weight excluding hydrogens is 439 g/mol. The van der Waals surface area contributed by atoms with Crippen molar-refractivity contribution >= 4 is 40.6 Å². The van der Waals surface area contributed by atoms with Crippen molar-refractivity contribution in [3.63, 3.8) is 0 Å². The predicted molar refractivity (Wildman–Crippen MR) is 123 cm³/mol. The number of halogens is 2. The molecule has 3 aromatic rings. The highest BCUT2D eigenvalue weighted by Gasteiger charge is 2.23. The molecule has 0 saturated carbocycles. The number of methoxy groups -OCH3 is 2. The first kappa shape index (κ1) is 22.7. The Kier molecular flexibility index (Phi) is 7.20. The molecule has 3 rings (SSSR count). The third kappa shape index (κ3) is 5.18. The Hall–Kier alpha value is -3.03. The van der Waals surface area contributed by atoms with Crippen LogP contribution in [0, 0.1) is 13.8 Å². The number of hydrogen-bond donors (Lipinski definition) is 1. The van der Waals surface area contributed by atoms with Crippen LogP contribution < -0.4 is 19.7 Å². The van der Waals surface area contributed by atoms with E-state index in [2.05, 4.69) is 15.3 Å². The molecule has 2 amide bonds. The summed E-state index contributed by atoms with van der Waals surface area (Å²) in [5, 5.41) is 3.19. The van der Waals surface area contributed by atoms with Crippen LogP contribution in [-0.4, -0.2) is 30.2 Å². The van der Waals surface area contributed by atoms with Crippen LogP contribution in [0.2, 0.25) is 10.4 Å². The summed E-state index contributed by atoms with van der Waals surface area (Å²) in [5.74, 6) is 1.06. The number of carbonyl (C=O) groups is 1. The van der Waals surface area contributed by atoms with E-state index < -0.39 is 0 Å². The van der Waals surface area contributed by atoms with E-state index >= 15 is 0 Å². The van der Waals surface area contributed by atoms with Crippen molar-refractivity contribution in [2.75, 3.05) is 24.4 Å². The minimum absolute atomic E-state index is 0.0299. The van der Waals surface area contributed by atoms with Crippen LogP contribution in [0.25, 0.3) is 0 Å². The van der Waals surface area contributed by atoms with Crippen molar-refractivity contribution in [2.24, 2.45) is 0 Å². The van der Waals surface area contributed by atoms with Gasteiger partial charge < -0.3 is 14.8 Å². The maximum atomic E-state index is 13.4. The van der Waals surface area contributed by atoms with Crippen molar-refractivity contribution in [2.45, 2.75) is 20.4 Å². The molecule has 2 aromatic carbocycles. The van der Waals surface area contributed by atoms with Crippen LogP contribution in [-0.2, 0) is 6.54 Å². The molecule has 0 aliphatic rings. The topological polar surface area (TPSA) is 76.6 Å². The molecule has 0 fully saturated rings. The smallest absolute Gasteiger partial charge is 0.326 e. The van der Waals surface area contributed by atoms with Gasteiger partial charge in [-0.2, -0.15) is 0 Å². The monoisotopic (exact) mass is 460 g/mol. The number of nitrogens with zero attached hydrogens (tertiary/aromatic N) is 3. The lowest BCUT2D eigenvalue weighted by Crippen LogP contribution is -2.35. The Bertz CT molecular complexity index is 1090. The highest BCUT2D eigenvalue weighted by Crippen LogP contribution is 2.34. The summed E-state index contributed by atoms with van der Waals surface area (Å²) in [6, 6.07) is 10.6. The summed E-state index contributed by atoms with van der Waals surface area (Å²) >= 11 is 12.1. The summed E-state index contributed by atoms with van der Waals surface area (Å²) in [7, 11) is 3.09. The Balaban J connectivity index is 2.04. The Morgan fingerprint density at radius 3 is 2.42 bits per heavy atom. The average Bonchev–Trinajstić information content (AvgIpc) is 2.75. The van der Waals surface area contributed by atoms with E-state index in [1.165, 1.54) is 18.2 Å². The number of para-hydroxylation sites is 1. The number of amides is 2. The third-order valence-corrected chi connectivity index (χ3v) is 5.26. The first-order valence-electron chi connectivity index (χ1n) is 9.37. The third-order valence-electron chi connectivity index (χ3n) is 4.75. The second kappa shape index (κ2) is 9.85. The SMILES string of the molecule is COc1ccc(N(Cc2cnc(Cl)nc2Cl)C(=O)Nc2c(C)cccc2C)c(OC)c1. The molecule has 1 heterocycles. The maximum Gasteiger partial charge on any atom is 0.326 e. The number of rotatable bonds is 6. The van der Waals surface area contributed by atoms with Crippen LogP contribution >= 0.6 is 23.2 Å². The van der Waals surface area contributed by atoms with E-state index in [0.29, 0.717) is 22.7 Å². The summed E-state index contributed by atoms with van der Waals surface area (Å²) < 4.78 is 10.8. The van der Waals surface area contributed by atoms with Gasteiger partial charge in [0.05, 0.1) is 26.5 Å². The van der Waals surface area contributed by atoms with E-state index in [0.717, 1.165) is 16.8 Å². The Morgan fingerprint density at radius 1 is 1.10 bits per heavy atom. The van der Waals surface area contributed by atoms with E-state index in [4.69, 9.17) is 32.7 Å². The van der Waals surface area contributed by atoms with Crippen molar-refractivity contribution < 1.29 is 14.3 Å². The molecule has 0 aliphatic heterocycles. The largest absolute Gasteiger partial charge is 0.497 e. The van der Waals surface area contributed by atoms with Crippen LogP contribution in [0.1, 0.15) is 16.7 Å². The zero-order chi connectivity index (χ0) is 22.5. The molecule has 7 nitrogen and oxygen atoms in total. The van der Waals surface area contributed by atoms with Crippen LogP contribution in [0.5, 0.6) is 11.5 Å². The molecule has 162 valence electrons. The first-order chi connectivity index (χ1) is 14.8. The molecular formula is C22H22Cl2N4O3. The molecule has 0 bridgehead atoms. The summed E-state index contributed by atoms with van der Waals surface area (Å²) in [6.07, 6.45) is 1.49. The van der Waals surface area contributed by atoms with Gasteiger partial charge in [0.1, 0.15) is 16.7 Å². The molecule has 0 aliphatic carbocycles. The second-order valence-electron chi connectivity index (χ2n) is 6.78. The highest BCUT2D eigenvalue weighted by atomic mass is 35.5. The van der Waals surface area contributed by atoms with Gasteiger partial charge in [-0.3, -0.25) is 4.90 Å². The number of urea groups is 1. The van der Waals surface area contributed by atoms with Crippen molar-refractivity contribution in [1.29, 1.82) is 0 Å². The molecule has 0 radical (unpaired) electrons. The van der Waals surface area contributed by atoms with E-state index in [-0.39, 0.29) is 23.0 Å². The minimum atomic E-state index is -0.369. The number of nitrogens with one attached hydrogen (secondary N) is 1. The Morgan fingerprint density at radius 2 is 1.81 bits per heavy atom.